The van der Waals surface area contributed by atoms with E-state index >= 15 is 0 Å². The molecular weight excluding hydrogens is 542 g/mol. The van der Waals surface area contributed by atoms with Crippen LogP contribution in [-0.4, -0.2) is 42.5 Å². The number of ether oxygens (including phenoxy) is 2. The lowest BCUT2D eigenvalue weighted by molar-refractivity contribution is -0.131. The molecule has 1 saturated heterocycles. The Morgan fingerprint density at radius 1 is 0.791 bits per heavy atom. The van der Waals surface area contributed by atoms with E-state index < -0.39 is 29.4 Å². The lowest BCUT2D eigenvalue weighted by Gasteiger charge is -2.37. The van der Waals surface area contributed by atoms with Gasteiger partial charge < -0.3 is 14.4 Å². The number of hydrogen-bond donors (Lipinski definition) is 0. The average Bonchev–Trinajstić information content (AvgIpc) is 3.47. The number of rotatable bonds is 5. The zero-order valence-corrected chi connectivity index (χ0v) is 23.5. The molecule has 7 nitrogen and oxygen atoms in total. The summed E-state index contributed by atoms with van der Waals surface area (Å²) in [5, 5.41) is 0. The van der Waals surface area contributed by atoms with Gasteiger partial charge in [0.15, 0.2) is 23.1 Å². The summed E-state index contributed by atoms with van der Waals surface area (Å²) < 4.78 is 11.1. The maximum atomic E-state index is 14.8. The number of methoxy groups -OCH3 is 1. The summed E-state index contributed by atoms with van der Waals surface area (Å²) in [6.07, 6.45) is 3.69. The fourth-order valence-electron chi connectivity index (χ4n) is 7.18. The van der Waals surface area contributed by atoms with Crippen LogP contribution in [-0.2, 0) is 4.79 Å². The molecule has 0 amide bonds. The zero-order chi connectivity index (χ0) is 29.9. The second kappa shape index (κ2) is 9.91. The summed E-state index contributed by atoms with van der Waals surface area (Å²) >= 11 is 0. The van der Waals surface area contributed by atoms with E-state index in [2.05, 4.69) is 0 Å². The molecule has 0 radical (unpaired) electrons. The smallest absolute Gasteiger partial charge is 0.308 e. The number of esters is 1. The monoisotopic (exact) mass is 569 g/mol. The molecule has 4 aromatic rings. The molecule has 43 heavy (non-hydrogen) atoms. The molecule has 212 valence electrons. The highest BCUT2D eigenvalue weighted by Crippen LogP contribution is 2.62. The Hall–Kier alpha value is -5.30. The molecule has 0 aromatic heterocycles. The maximum Gasteiger partial charge on any atom is 0.308 e. The summed E-state index contributed by atoms with van der Waals surface area (Å²) in [6.45, 7) is 1.31. The van der Waals surface area contributed by atoms with Crippen LogP contribution in [0.25, 0.3) is 6.08 Å². The normalized spacial score (nSPS) is 20.9. The Labute approximate surface area is 248 Å². The molecule has 7 rings (SSSR count). The van der Waals surface area contributed by atoms with Crippen molar-refractivity contribution in [1.82, 2.24) is 0 Å². The van der Waals surface area contributed by atoms with Crippen LogP contribution in [0.2, 0.25) is 0 Å². The molecule has 2 aliphatic heterocycles. The summed E-state index contributed by atoms with van der Waals surface area (Å²) in [7, 11) is 1.56. The first-order valence-electron chi connectivity index (χ1n) is 14.1. The lowest BCUT2D eigenvalue weighted by Crippen LogP contribution is -2.48. The van der Waals surface area contributed by atoms with Gasteiger partial charge in [0.05, 0.1) is 18.8 Å². The van der Waals surface area contributed by atoms with E-state index in [1.807, 2.05) is 41.3 Å². The van der Waals surface area contributed by atoms with Gasteiger partial charge in [-0.25, -0.2) is 0 Å². The van der Waals surface area contributed by atoms with E-state index in [1.54, 1.807) is 79.9 Å². The minimum absolute atomic E-state index is 0.251. The molecule has 1 fully saturated rings. The first-order chi connectivity index (χ1) is 20.9. The summed E-state index contributed by atoms with van der Waals surface area (Å²) in [5.41, 5.74) is 1.31. The van der Waals surface area contributed by atoms with Gasteiger partial charge in [-0.15, -0.1) is 0 Å². The number of Topliss-reactive ketones (excluding diaryl/α,β-unsaturated/α-hetero) is 3. The standard InChI is InChI=1S/C36H27NO6/c1-21(38)43-28-14-8-11-23-17-20-29-36(34(40)26-12-6-7-13-27(26)35(36)41)30(22-15-18-25(42-2)19-16-22)32(37(29)31(23)28)33(39)24-9-4-3-5-10-24/h3-20,29-30,32H,1-2H3/t29-,30+,32+/m0/s1. The third kappa shape index (κ3) is 3.74. The second-order valence-corrected chi connectivity index (χ2v) is 11.0. The molecule has 0 N–H and O–H groups in total. The molecular formula is C36H27NO6. The maximum absolute atomic E-state index is 14.8. The van der Waals surface area contributed by atoms with Crippen LogP contribution in [0, 0.1) is 5.41 Å². The van der Waals surface area contributed by atoms with Crippen molar-refractivity contribution in [1.29, 1.82) is 0 Å². The number of nitrogens with zero attached hydrogens (tertiary/aromatic N) is 1. The Morgan fingerprint density at radius 2 is 1.44 bits per heavy atom. The largest absolute Gasteiger partial charge is 0.497 e. The van der Waals surface area contributed by atoms with Crippen molar-refractivity contribution < 1.29 is 28.7 Å². The van der Waals surface area contributed by atoms with Crippen molar-refractivity contribution in [2.75, 3.05) is 12.0 Å². The predicted octanol–water partition coefficient (Wildman–Crippen LogP) is 5.94. The third-order valence-corrected chi connectivity index (χ3v) is 8.84. The number of fused-ring (bicyclic) bond motifs is 5. The number of benzene rings is 4. The first kappa shape index (κ1) is 26.6. The first-order valence-corrected chi connectivity index (χ1v) is 14.1. The van der Waals surface area contributed by atoms with Crippen molar-refractivity contribution in [2.45, 2.75) is 24.9 Å². The quantitative estimate of drug-likeness (QED) is 0.127. The second-order valence-electron chi connectivity index (χ2n) is 11.0. The van der Waals surface area contributed by atoms with Crippen molar-refractivity contribution >= 4 is 35.1 Å². The van der Waals surface area contributed by atoms with Gasteiger partial charge in [-0.1, -0.05) is 91.0 Å². The third-order valence-electron chi connectivity index (χ3n) is 8.84. The number of hydrogen-bond acceptors (Lipinski definition) is 7. The highest BCUT2D eigenvalue weighted by molar-refractivity contribution is 6.32. The summed E-state index contributed by atoms with van der Waals surface area (Å²) in [5.74, 6) is -1.45. The zero-order valence-electron chi connectivity index (χ0n) is 23.5. The fraction of sp³-hybridized carbons (Fsp3) is 0.167. The Kier molecular flexibility index (Phi) is 6.13. The number of carbonyl (C=O) groups excluding carboxylic acids is 4. The van der Waals surface area contributed by atoms with Gasteiger partial charge in [0.2, 0.25) is 0 Å². The van der Waals surface area contributed by atoms with Crippen molar-refractivity contribution in [2.24, 2.45) is 5.41 Å². The fourth-order valence-corrected chi connectivity index (χ4v) is 7.18. The van der Waals surface area contributed by atoms with Crippen molar-refractivity contribution in [3.05, 3.63) is 131 Å². The van der Waals surface area contributed by atoms with E-state index in [4.69, 9.17) is 9.47 Å². The average molecular weight is 570 g/mol. The van der Waals surface area contributed by atoms with E-state index in [0.717, 1.165) is 0 Å². The van der Waals surface area contributed by atoms with Crippen LogP contribution in [0.15, 0.2) is 103 Å². The van der Waals surface area contributed by atoms with Crippen molar-refractivity contribution in [3.63, 3.8) is 0 Å². The number of anilines is 1. The molecule has 0 unspecified atom stereocenters. The van der Waals surface area contributed by atoms with Crippen LogP contribution in [0.5, 0.6) is 11.5 Å². The number of carbonyl (C=O) groups is 4. The Morgan fingerprint density at radius 3 is 2.07 bits per heavy atom. The summed E-state index contributed by atoms with van der Waals surface area (Å²) in [6, 6.07) is 26.4. The van der Waals surface area contributed by atoms with Crippen LogP contribution in [0.3, 0.4) is 0 Å². The van der Waals surface area contributed by atoms with Gasteiger partial charge in [-0.05, 0) is 23.8 Å². The summed E-state index contributed by atoms with van der Waals surface area (Å²) in [4.78, 5) is 58.4. The molecule has 1 aliphatic carbocycles. The van der Waals surface area contributed by atoms with Crippen LogP contribution >= 0.6 is 0 Å². The van der Waals surface area contributed by atoms with Crippen molar-refractivity contribution in [3.8, 4) is 11.5 Å². The molecule has 0 saturated carbocycles. The van der Waals surface area contributed by atoms with Crippen LogP contribution in [0.4, 0.5) is 5.69 Å². The van der Waals surface area contributed by atoms with Crippen LogP contribution in [0.1, 0.15) is 55.0 Å². The Bertz CT molecular complexity index is 1810. The van der Waals surface area contributed by atoms with Gasteiger partial charge >= 0.3 is 5.97 Å². The molecule has 7 heteroatoms. The molecule has 3 atom stereocenters. The Balaban J connectivity index is 1.56. The van der Waals surface area contributed by atoms with Gasteiger partial charge in [-0.3, -0.25) is 19.2 Å². The SMILES string of the molecule is COc1ccc([C@@H]2[C@H](C(=O)c3ccccc3)N3c4c(cccc4OC(C)=O)C=C[C@H]3C23C(=O)c2ccccc2C3=O)cc1. The molecule has 2 heterocycles. The van der Waals surface area contributed by atoms with Crippen LogP contribution < -0.4 is 14.4 Å². The van der Waals surface area contributed by atoms with E-state index in [-0.39, 0.29) is 23.1 Å². The highest BCUT2D eigenvalue weighted by atomic mass is 16.5. The van der Waals surface area contributed by atoms with Gasteiger partial charge in [0, 0.05) is 35.1 Å². The minimum Gasteiger partial charge on any atom is -0.497 e. The molecule has 3 aliphatic rings. The predicted molar refractivity (Wildman–Crippen MR) is 161 cm³/mol. The minimum atomic E-state index is -1.66. The topological polar surface area (TPSA) is 90.0 Å². The van der Waals surface area contributed by atoms with E-state index in [0.29, 0.717) is 39.3 Å². The number of para-hydroxylation sites is 1. The number of ketones is 3. The molecule has 0 bridgehead atoms. The highest BCUT2D eigenvalue weighted by Gasteiger charge is 2.71. The van der Waals surface area contributed by atoms with Gasteiger partial charge in [0.25, 0.3) is 0 Å². The molecule has 4 aromatic carbocycles. The van der Waals surface area contributed by atoms with E-state index in [1.165, 1.54) is 6.92 Å². The molecule has 1 spiro atoms. The van der Waals surface area contributed by atoms with Gasteiger partial charge in [-0.2, -0.15) is 0 Å². The van der Waals surface area contributed by atoms with Gasteiger partial charge in [0.1, 0.15) is 17.2 Å². The van der Waals surface area contributed by atoms with E-state index in [9.17, 15) is 19.2 Å². The lowest BCUT2D eigenvalue weighted by atomic mass is 9.64.